The normalized spacial score (nSPS) is 16.7. The predicted octanol–water partition coefficient (Wildman–Crippen LogP) is 1.83. The molecule has 0 atom stereocenters. The van der Waals surface area contributed by atoms with Crippen molar-refractivity contribution in [2.45, 2.75) is 0 Å². The van der Waals surface area contributed by atoms with Crippen molar-refractivity contribution in [2.75, 3.05) is 26.4 Å². The summed E-state index contributed by atoms with van der Waals surface area (Å²) in [7, 11) is 0. The molecule has 1 aromatic rings. The SMILES string of the molecule is NC(=O)OCC1(COc2ccc(Cl)cc2)COC1. The molecular formula is C12H14ClNO4. The molecule has 1 fully saturated rings. The second kappa shape index (κ2) is 5.46. The Kier molecular flexibility index (Phi) is 3.93. The van der Waals surface area contributed by atoms with Crippen molar-refractivity contribution in [2.24, 2.45) is 11.1 Å². The second-order valence-electron chi connectivity index (χ2n) is 4.34. The van der Waals surface area contributed by atoms with Gasteiger partial charge in [0.2, 0.25) is 0 Å². The van der Waals surface area contributed by atoms with Crippen molar-refractivity contribution in [3.8, 4) is 5.75 Å². The molecule has 0 aromatic heterocycles. The van der Waals surface area contributed by atoms with Gasteiger partial charge in [0, 0.05) is 5.02 Å². The van der Waals surface area contributed by atoms with Crippen molar-refractivity contribution in [1.29, 1.82) is 0 Å². The molecular weight excluding hydrogens is 258 g/mol. The summed E-state index contributed by atoms with van der Waals surface area (Å²) in [5, 5.41) is 0.654. The van der Waals surface area contributed by atoms with Gasteiger partial charge in [-0.2, -0.15) is 0 Å². The lowest BCUT2D eigenvalue weighted by molar-refractivity contribution is -0.153. The van der Waals surface area contributed by atoms with Crippen LogP contribution in [0.1, 0.15) is 0 Å². The van der Waals surface area contributed by atoms with E-state index in [0.29, 0.717) is 30.6 Å². The minimum Gasteiger partial charge on any atom is -0.493 e. The van der Waals surface area contributed by atoms with Gasteiger partial charge in [-0.15, -0.1) is 0 Å². The molecule has 1 aromatic carbocycles. The molecule has 98 valence electrons. The number of amides is 1. The van der Waals surface area contributed by atoms with Crippen molar-refractivity contribution in [3.63, 3.8) is 0 Å². The Morgan fingerprint density at radius 3 is 2.50 bits per heavy atom. The number of hydrogen-bond acceptors (Lipinski definition) is 4. The summed E-state index contributed by atoms with van der Waals surface area (Å²) >= 11 is 5.78. The lowest BCUT2D eigenvalue weighted by atomic mass is 9.88. The van der Waals surface area contributed by atoms with Crippen LogP contribution < -0.4 is 10.5 Å². The molecule has 0 unspecified atom stereocenters. The minimum absolute atomic E-state index is 0.204. The van der Waals surface area contributed by atoms with Gasteiger partial charge in [-0.3, -0.25) is 0 Å². The van der Waals surface area contributed by atoms with E-state index in [0.717, 1.165) is 0 Å². The summed E-state index contributed by atoms with van der Waals surface area (Å²) in [6.45, 7) is 1.60. The average molecular weight is 272 g/mol. The number of carbonyl (C=O) groups is 1. The van der Waals surface area contributed by atoms with E-state index in [1.807, 2.05) is 0 Å². The largest absolute Gasteiger partial charge is 0.493 e. The van der Waals surface area contributed by atoms with E-state index in [1.54, 1.807) is 24.3 Å². The quantitative estimate of drug-likeness (QED) is 0.887. The summed E-state index contributed by atoms with van der Waals surface area (Å²) in [4.78, 5) is 10.6. The number of hydrogen-bond donors (Lipinski definition) is 1. The maximum Gasteiger partial charge on any atom is 0.404 e. The minimum atomic E-state index is -0.784. The first kappa shape index (κ1) is 13.0. The molecule has 0 bridgehead atoms. The first-order valence-electron chi connectivity index (χ1n) is 5.48. The van der Waals surface area contributed by atoms with Crippen molar-refractivity contribution in [3.05, 3.63) is 29.3 Å². The molecule has 0 radical (unpaired) electrons. The third-order valence-corrected chi connectivity index (χ3v) is 2.95. The Hall–Kier alpha value is -1.46. The Bertz CT molecular complexity index is 417. The Balaban J connectivity index is 1.86. The van der Waals surface area contributed by atoms with Gasteiger partial charge in [0.25, 0.3) is 0 Å². The zero-order valence-corrected chi connectivity index (χ0v) is 10.5. The summed E-state index contributed by atoms with van der Waals surface area (Å²) < 4.78 is 15.6. The summed E-state index contributed by atoms with van der Waals surface area (Å²) in [6, 6.07) is 7.07. The summed E-state index contributed by atoms with van der Waals surface area (Å²) in [6.07, 6.45) is -0.784. The smallest absolute Gasteiger partial charge is 0.404 e. The zero-order chi connectivity index (χ0) is 13.0. The highest BCUT2D eigenvalue weighted by Crippen LogP contribution is 2.29. The summed E-state index contributed by atoms with van der Waals surface area (Å²) in [5.74, 6) is 0.713. The fraction of sp³-hybridized carbons (Fsp3) is 0.417. The topological polar surface area (TPSA) is 70.8 Å². The van der Waals surface area contributed by atoms with E-state index in [9.17, 15) is 4.79 Å². The van der Waals surface area contributed by atoms with Crippen LogP contribution in [-0.4, -0.2) is 32.5 Å². The van der Waals surface area contributed by atoms with E-state index in [2.05, 4.69) is 0 Å². The number of primary amides is 1. The van der Waals surface area contributed by atoms with E-state index >= 15 is 0 Å². The molecule has 1 aliphatic heterocycles. The van der Waals surface area contributed by atoms with Crippen LogP contribution in [0.4, 0.5) is 4.79 Å². The lowest BCUT2D eigenvalue weighted by Gasteiger charge is -2.39. The van der Waals surface area contributed by atoms with Gasteiger partial charge in [-0.25, -0.2) is 4.79 Å². The van der Waals surface area contributed by atoms with Crippen LogP contribution >= 0.6 is 11.6 Å². The average Bonchev–Trinajstić information content (AvgIpc) is 2.29. The zero-order valence-electron chi connectivity index (χ0n) is 9.73. The molecule has 18 heavy (non-hydrogen) atoms. The van der Waals surface area contributed by atoms with Gasteiger partial charge in [-0.1, -0.05) is 11.6 Å². The predicted molar refractivity (Wildman–Crippen MR) is 65.7 cm³/mol. The molecule has 1 amide bonds. The van der Waals surface area contributed by atoms with Crippen LogP contribution in [0.3, 0.4) is 0 Å². The van der Waals surface area contributed by atoms with Gasteiger partial charge in [-0.05, 0) is 24.3 Å². The van der Waals surface area contributed by atoms with Crippen LogP contribution in [0.5, 0.6) is 5.75 Å². The number of rotatable bonds is 5. The number of benzene rings is 1. The molecule has 2 rings (SSSR count). The van der Waals surface area contributed by atoms with Crippen LogP contribution in [0.25, 0.3) is 0 Å². The number of halogens is 1. The van der Waals surface area contributed by atoms with Crippen LogP contribution in [0.15, 0.2) is 24.3 Å². The monoisotopic (exact) mass is 271 g/mol. The van der Waals surface area contributed by atoms with Gasteiger partial charge < -0.3 is 19.9 Å². The lowest BCUT2D eigenvalue weighted by Crippen LogP contribution is -2.51. The first-order chi connectivity index (χ1) is 8.60. The maximum atomic E-state index is 10.6. The Morgan fingerprint density at radius 2 is 2.00 bits per heavy atom. The molecule has 0 spiro atoms. The Morgan fingerprint density at radius 1 is 1.33 bits per heavy atom. The number of nitrogens with two attached hydrogens (primary N) is 1. The standard InChI is InChI=1S/C12H14ClNO4/c13-9-1-3-10(4-2-9)17-7-12(5-16-6-12)8-18-11(14)15/h1-4H,5-8H2,(H2,14,15). The van der Waals surface area contributed by atoms with Gasteiger partial charge >= 0.3 is 6.09 Å². The van der Waals surface area contributed by atoms with Gasteiger partial charge in [0.15, 0.2) is 0 Å². The highest BCUT2D eigenvalue weighted by molar-refractivity contribution is 6.30. The fourth-order valence-electron chi connectivity index (χ4n) is 1.59. The van der Waals surface area contributed by atoms with E-state index in [-0.39, 0.29) is 12.0 Å². The van der Waals surface area contributed by atoms with Crippen LogP contribution in [0.2, 0.25) is 5.02 Å². The number of carbonyl (C=O) groups excluding carboxylic acids is 1. The molecule has 1 aliphatic rings. The third-order valence-electron chi connectivity index (χ3n) is 2.70. The molecule has 0 saturated carbocycles. The fourth-order valence-corrected chi connectivity index (χ4v) is 1.72. The molecule has 2 N–H and O–H groups in total. The summed E-state index contributed by atoms with van der Waals surface area (Å²) in [5.41, 5.74) is 4.65. The van der Waals surface area contributed by atoms with Crippen molar-refractivity contribution >= 4 is 17.7 Å². The van der Waals surface area contributed by atoms with E-state index < -0.39 is 6.09 Å². The molecule has 6 heteroatoms. The molecule has 1 saturated heterocycles. The highest BCUT2D eigenvalue weighted by Gasteiger charge is 2.41. The van der Waals surface area contributed by atoms with Gasteiger partial charge in [0.1, 0.15) is 19.0 Å². The second-order valence-corrected chi connectivity index (χ2v) is 4.78. The molecule has 1 heterocycles. The van der Waals surface area contributed by atoms with Crippen molar-refractivity contribution < 1.29 is 19.0 Å². The van der Waals surface area contributed by atoms with E-state index in [4.69, 9.17) is 31.5 Å². The van der Waals surface area contributed by atoms with E-state index in [1.165, 1.54) is 0 Å². The number of ether oxygens (including phenoxy) is 3. The highest BCUT2D eigenvalue weighted by atomic mass is 35.5. The maximum absolute atomic E-state index is 10.6. The van der Waals surface area contributed by atoms with Crippen molar-refractivity contribution in [1.82, 2.24) is 0 Å². The molecule has 0 aliphatic carbocycles. The first-order valence-corrected chi connectivity index (χ1v) is 5.86. The van der Waals surface area contributed by atoms with Crippen LogP contribution in [-0.2, 0) is 9.47 Å². The van der Waals surface area contributed by atoms with Gasteiger partial charge in [0.05, 0.1) is 18.6 Å². The van der Waals surface area contributed by atoms with Crippen LogP contribution in [0, 0.1) is 5.41 Å². The molecule has 5 nitrogen and oxygen atoms in total. The third kappa shape index (κ3) is 3.27. The Labute approximate surface area is 110 Å².